The van der Waals surface area contributed by atoms with Crippen molar-refractivity contribution in [2.45, 2.75) is 36.9 Å². The van der Waals surface area contributed by atoms with Gasteiger partial charge < -0.3 is 10.2 Å². The van der Waals surface area contributed by atoms with Crippen LogP contribution in [0.5, 0.6) is 0 Å². The van der Waals surface area contributed by atoms with Crippen molar-refractivity contribution < 1.29 is 15.0 Å². The van der Waals surface area contributed by atoms with Crippen molar-refractivity contribution in [3.8, 4) is 0 Å². The molecule has 0 aromatic heterocycles. The zero-order valence-corrected chi connectivity index (χ0v) is 18.4. The van der Waals surface area contributed by atoms with Gasteiger partial charge in [0.05, 0.1) is 12.1 Å². The maximum absolute atomic E-state index is 13.0. The smallest absolute Gasteiger partial charge is 0.182 e. The van der Waals surface area contributed by atoms with E-state index >= 15 is 0 Å². The molecule has 4 nitrogen and oxygen atoms in total. The van der Waals surface area contributed by atoms with E-state index in [1.54, 1.807) is 6.08 Å². The van der Waals surface area contributed by atoms with Gasteiger partial charge >= 0.3 is 0 Å². The van der Waals surface area contributed by atoms with Gasteiger partial charge in [0.25, 0.3) is 0 Å². The molecule has 0 amide bonds. The summed E-state index contributed by atoms with van der Waals surface area (Å²) in [6.07, 6.45) is 8.04. The lowest BCUT2D eigenvalue weighted by Gasteiger charge is -2.29. The minimum Gasteiger partial charge on any atom is -0.390 e. The summed E-state index contributed by atoms with van der Waals surface area (Å²) < 4.78 is 0. The van der Waals surface area contributed by atoms with E-state index in [1.807, 2.05) is 60.7 Å². The molecule has 2 aromatic carbocycles. The van der Waals surface area contributed by atoms with Crippen molar-refractivity contribution in [1.82, 2.24) is 4.90 Å². The molecule has 1 aliphatic heterocycles. The van der Waals surface area contributed by atoms with E-state index in [-0.39, 0.29) is 12.3 Å². The number of fused-ring (bicyclic) bond motifs is 1. The monoisotopic (exact) mass is 429 g/mol. The highest BCUT2D eigenvalue weighted by atomic mass is 16.3. The van der Waals surface area contributed by atoms with Gasteiger partial charge in [-0.2, -0.15) is 0 Å². The SMILES string of the molecule is O=C(CN1C[C@@H]2CC(O)(Cc3ccccc3)C[C@@H]2C1)C1(O)C=CC(c2ccccc2)=CC1. The Balaban J connectivity index is 1.16. The molecule has 0 bridgehead atoms. The lowest BCUT2D eigenvalue weighted by molar-refractivity contribution is -0.133. The van der Waals surface area contributed by atoms with E-state index in [0.29, 0.717) is 24.7 Å². The number of rotatable bonds is 6. The van der Waals surface area contributed by atoms with Crippen molar-refractivity contribution in [1.29, 1.82) is 0 Å². The van der Waals surface area contributed by atoms with Crippen LogP contribution in [-0.2, 0) is 11.2 Å². The average molecular weight is 430 g/mol. The molecule has 5 rings (SSSR count). The highest BCUT2D eigenvalue weighted by Crippen LogP contribution is 2.45. The van der Waals surface area contributed by atoms with Gasteiger partial charge in [-0.05, 0) is 47.5 Å². The molecule has 4 heteroatoms. The van der Waals surface area contributed by atoms with Crippen LogP contribution in [-0.4, -0.2) is 51.7 Å². The van der Waals surface area contributed by atoms with Crippen molar-refractivity contribution in [2.24, 2.45) is 11.8 Å². The maximum Gasteiger partial charge on any atom is 0.182 e. The number of benzene rings is 2. The molecule has 1 heterocycles. The zero-order chi connectivity index (χ0) is 22.2. The Morgan fingerprint density at radius 3 is 2.16 bits per heavy atom. The maximum atomic E-state index is 13.0. The molecule has 2 N–H and O–H groups in total. The van der Waals surface area contributed by atoms with Crippen molar-refractivity contribution >= 4 is 11.4 Å². The second-order valence-corrected chi connectivity index (χ2v) is 9.92. The molecule has 2 aromatic rings. The predicted molar refractivity (Wildman–Crippen MR) is 126 cm³/mol. The molecular formula is C28H31NO3. The van der Waals surface area contributed by atoms with E-state index in [2.05, 4.69) is 17.0 Å². The van der Waals surface area contributed by atoms with Crippen LogP contribution in [0.3, 0.4) is 0 Å². The Kier molecular flexibility index (Phi) is 5.62. The fourth-order valence-electron chi connectivity index (χ4n) is 5.83. The van der Waals surface area contributed by atoms with E-state index < -0.39 is 11.2 Å². The molecular weight excluding hydrogens is 398 g/mol. The van der Waals surface area contributed by atoms with Crippen LogP contribution in [0.15, 0.2) is 78.9 Å². The van der Waals surface area contributed by atoms with Crippen molar-refractivity contribution in [3.05, 3.63) is 90.0 Å². The van der Waals surface area contributed by atoms with E-state index in [1.165, 1.54) is 5.56 Å². The molecule has 0 radical (unpaired) electrons. The summed E-state index contributed by atoms with van der Waals surface area (Å²) in [5.41, 5.74) is 1.24. The van der Waals surface area contributed by atoms with Gasteiger partial charge in [0.2, 0.25) is 0 Å². The first kappa shape index (κ1) is 21.3. The molecule has 3 aliphatic rings. The summed E-state index contributed by atoms with van der Waals surface area (Å²) in [5.74, 6) is 0.687. The summed E-state index contributed by atoms with van der Waals surface area (Å²) in [4.78, 5) is 15.2. The molecule has 2 fully saturated rings. The first-order chi connectivity index (χ1) is 15.4. The first-order valence-corrected chi connectivity index (χ1v) is 11.6. The number of Topliss-reactive ketones (excluding diaryl/α,β-unsaturated/α-hetero) is 1. The van der Waals surface area contributed by atoms with Gasteiger partial charge in [0.15, 0.2) is 5.78 Å². The Morgan fingerprint density at radius 1 is 0.938 bits per heavy atom. The van der Waals surface area contributed by atoms with Crippen LogP contribution in [0.1, 0.15) is 30.4 Å². The van der Waals surface area contributed by atoms with Gasteiger partial charge in [-0.3, -0.25) is 9.69 Å². The number of likely N-dealkylation sites (tertiary alicyclic amines) is 1. The molecule has 2 aliphatic carbocycles. The molecule has 32 heavy (non-hydrogen) atoms. The Bertz CT molecular complexity index is 1020. The normalized spacial score (nSPS) is 32.0. The fourth-order valence-corrected chi connectivity index (χ4v) is 5.83. The molecule has 2 unspecified atom stereocenters. The van der Waals surface area contributed by atoms with Crippen molar-refractivity contribution in [3.63, 3.8) is 0 Å². The molecule has 1 saturated carbocycles. The third-order valence-electron chi connectivity index (χ3n) is 7.44. The number of ketones is 1. The summed E-state index contributed by atoms with van der Waals surface area (Å²) in [5, 5.41) is 22.1. The number of nitrogens with zero attached hydrogens (tertiary/aromatic N) is 1. The van der Waals surface area contributed by atoms with Gasteiger partial charge in [0, 0.05) is 25.9 Å². The third kappa shape index (κ3) is 4.36. The first-order valence-electron chi connectivity index (χ1n) is 11.6. The molecule has 166 valence electrons. The number of carbonyl (C=O) groups is 1. The number of aliphatic hydroxyl groups is 2. The Hall–Kier alpha value is -2.53. The van der Waals surface area contributed by atoms with Crippen LogP contribution in [0.2, 0.25) is 0 Å². The van der Waals surface area contributed by atoms with Gasteiger partial charge in [-0.15, -0.1) is 0 Å². The van der Waals surface area contributed by atoms with Crippen LogP contribution in [0, 0.1) is 11.8 Å². The zero-order valence-electron chi connectivity index (χ0n) is 18.4. The van der Waals surface area contributed by atoms with Crippen LogP contribution >= 0.6 is 0 Å². The topological polar surface area (TPSA) is 60.8 Å². The molecule has 0 spiro atoms. The van der Waals surface area contributed by atoms with Gasteiger partial charge in [-0.1, -0.05) is 72.8 Å². The van der Waals surface area contributed by atoms with E-state index in [0.717, 1.165) is 37.1 Å². The summed E-state index contributed by atoms with van der Waals surface area (Å²) in [7, 11) is 0. The Morgan fingerprint density at radius 2 is 1.56 bits per heavy atom. The lowest BCUT2D eigenvalue weighted by atomic mass is 9.86. The molecule has 1 saturated heterocycles. The summed E-state index contributed by atoms with van der Waals surface area (Å²) >= 11 is 0. The second-order valence-electron chi connectivity index (χ2n) is 9.92. The number of allylic oxidation sites excluding steroid dienone is 2. The minimum atomic E-state index is -1.43. The molecule has 4 atom stereocenters. The predicted octanol–water partition coefficient (Wildman–Crippen LogP) is 3.65. The van der Waals surface area contributed by atoms with Crippen LogP contribution < -0.4 is 0 Å². The fraction of sp³-hybridized carbons (Fsp3) is 0.393. The largest absolute Gasteiger partial charge is 0.390 e. The second kappa shape index (κ2) is 8.43. The van der Waals surface area contributed by atoms with Crippen LogP contribution in [0.25, 0.3) is 5.57 Å². The van der Waals surface area contributed by atoms with Gasteiger partial charge in [0.1, 0.15) is 5.60 Å². The Labute approximate surface area is 189 Å². The third-order valence-corrected chi connectivity index (χ3v) is 7.44. The number of hydrogen-bond acceptors (Lipinski definition) is 4. The van der Waals surface area contributed by atoms with Crippen molar-refractivity contribution in [2.75, 3.05) is 19.6 Å². The standard InChI is InChI=1S/C28H31NO3/c30-26(28(32)13-11-23(12-14-28)22-9-5-2-6-10-22)20-29-18-24-16-27(31,17-25(24)19-29)15-21-7-3-1-4-8-21/h1-13,24-25,31-32H,14-20H2/t24-,25+,27?,28?. The lowest BCUT2D eigenvalue weighted by Crippen LogP contribution is -2.44. The number of hydrogen-bond donors (Lipinski definition) is 2. The number of carbonyl (C=O) groups excluding carboxylic acids is 1. The average Bonchev–Trinajstić information content (AvgIpc) is 3.29. The quantitative estimate of drug-likeness (QED) is 0.736. The summed E-state index contributed by atoms with van der Waals surface area (Å²) in [6, 6.07) is 20.2. The van der Waals surface area contributed by atoms with E-state index in [4.69, 9.17) is 0 Å². The van der Waals surface area contributed by atoms with E-state index in [9.17, 15) is 15.0 Å². The van der Waals surface area contributed by atoms with Crippen LogP contribution in [0.4, 0.5) is 0 Å². The minimum absolute atomic E-state index is 0.142. The summed E-state index contributed by atoms with van der Waals surface area (Å²) in [6.45, 7) is 1.90. The highest BCUT2D eigenvalue weighted by Gasteiger charge is 2.48. The highest BCUT2D eigenvalue weighted by molar-refractivity contribution is 5.93. The van der Waals surface area contributed by atoms with Gasteiger partial charge in [-0.25, -0.2) is 0 Å².